The van der Waals surface area contributed by atoms with E-state index in [1.54, 1.807) is 18.4 Å². The highest BCUT2D eigenvalue weighted by Crippen LogP contribution is 2.31. The van der Waals surface area contributed by atoms with E-state index >= 15 is 0 Å². The van der Waals surface area contributed by atoms with Crippen LogP contribution >= 0.6 is 0 Å². The van der Waals surface area contributed by atoms with E-state index < -0.39 is 14.9 Å². The minimum Gasteiger partial charge on any atom is -0.469 e. The Morgan fingerprint density at radius 2 is 2.04 bits per heavy atom. The van der Waals surface area contributed by atoms with Crippen molar-refractivity contribution in [2.24, 2.45) is 5.92 Å². The second-order valence-electron chi connectivity index (χ2n) is 6.76. The number of aliphatic hydroxyl groups is 1. The topological polar surface area (TPSA) is 126 Å². The Hall–Kier alpha value is -2.43. The molecule has 3 rings (SSSR count). The summed E-state index contributed by atoms with van der Waals surface area (Å²) in [5, 5.41) is 23.8. The largest absolute Gasteiger partial charge is 0.469 e. The van der Waals surface area contributed by atoms with Gasteiger partial charge in [-0.3, -0.25) is 10.1 Å². The first-order valence-corrected chi connectivity index (χ1v) is 10.5. The first-order valence-electron chi connectivity index (χ1n) is 9.07. The molecule has 0 unspecified atom stereocenters. The summed E-state index contributed by atoms with van der Waals surface area (Å²) >= 11 is 0. The van der Waals surface area contributed by atoms with Crippen LogP contribution in [0.4, 0.5) is 11.4 Å². The van der Waals surface area contributed by atoms with Gasteiger partial charge in [0.1, 0.15) is 10.7 Å². The third kappa shape index (κ3) is 4.51. The van der Waals surface area contributed by atoms with Crippen molar-refractivity contribution in [2.75, 3.05) is 31.6 Å². The molecule has 9 nitrogen and oxygen atoms in total. The Bertz CT molecular complexity index is 907. The van der Waals surface area contributed by atoms with Crippen molar-refractivity contribution in [3.63, 3.8) is 0 Å². The molecule has 0 aliphatic carbocycles. The van der Waals surface area contributed by atoms with Gasteiger partial charge in [-0.1, -0.05) is 0 Å². The van der Waals surface area contributed by atoms with Crippen LogP contribution in [-0.4, -0.2) is 49.0 Å². The summed E-state index contributed by atoms with van der Waals surface area (Å²) in [5.74, 6) is 0.512. The highest BCUT2D eigenvalue weighted by molar-refractivity contribution is 7.89. The third-order valence-electron chi connectivity index (χ3n) is 4.77. The molecule has 0 amide bonds. The molecule has 2 heterocycles. The summed E-state index contributed by atoms with van der Waals surface area (Å²) < 4.78 is 32.6. The number of hydrogen-bond acceptors (Lipinski definition) is 7. The highest BCUT2D eigenvalue weighted by atomic mass is 32.2. The number of nitro groups is 1. The fraction of sp³-hybridized carbons (Fsp3) is 0.444. The minimum atomic E-state index is -3.84. The lowest BCUT2D eigenvalue weighted by molar-refractivity contribution is -0.385. The molecule has 2 aromatic rings. The predicted molar refractivity (Wildman–Crippen MR) is 103 cm³/mol. The molecular weight excluding hydrogens is 386 g/mol. The molecule has 0 radical (unpaired) electrons. The average molecular weight is 409 g/mol. The maximum atomic E-state index is 13.0. The lowest BCUT2D eigenvalue weighted by Gasteiger charge is -2.20. The van der Waals surface area contributed by atoms with Crippen LogP contribution in [0.3, 0.4) is 0 Å². The van der Waals surface area contributed by atoms with Gasteiger partial charge in [-0.15, -0.1) is 0 Å². The van der Waals surface area contributed by atoms with Crippen LogP contribution in [0.5, 0.6) is 0 Å². The Morgan fingerprint density at radius 3 is 2.64 bits per heavy atom. The lowest BCUT2D eigenvalue weighted by atomic mass is 10.0. The minimum absolute atomic E-state index is 0.113. The summed E-state index contributed by atoms with van der Waals surface area (Å²) in [6.45, 7) is 0.983. The molecular formula is C18H23N3O6S. The maximum absolute atomic E-state index is 13.0. The van der Waals surface area contributed by atoms with Crippen LogP contribution in [0.1, 0.15) is 18.6 Å². The number of sulfonamides is 1. The zero-order chi connectivity index (χ0) is 20.1. The SMILES string of the molecule is O=[N+]([O-])c1ccc(NC[C@@H](CO)Cc2ccco2)c(S(=O)(=O)N2CCCC2)c1. The molecule has 152 valence electrons. The van der Waals surface area contributed by atoms with Crippen molar-refractivity contribution in [3.05, 3.63) is 52.5 Å². The van der Waals surface area contributed by atoms with Gasteiger partial charge in [0.05, 0.1) is 16.9 Å². The van der Waals surface area contributed by atoms with Crippen molar-refractivity contribution in [3.8, 4) is 0 Å². The van der Waals surface area contributed by atoms with E-state index in [1.165, 1.54) is 16.4 Å². The number of hydrogen-bond donors (Lipinski definition) is 2. The van der Waals surface area contributed by atoms with Gasteiger partial charge in [-0.25, -0.2) is 8.42 Å². The van der Waals surface area contributed by atoms with E-state index in [9.17, 15) is 23.6 Å². The number of nitrogens with one attached hydrogen (secondary N) is 1. The van der Waals surface area contributed by atoms with Crippen molar-refractivity contribution in [1.82, 2.24) is 4.31 Å². The van der Waals surface area contributed by atoms with Gasteiger partial charge in [-0.05, 0) is 31.0 Å². The summed E-state index contributed by atoms with van der Waals surface area (Å²) in [7, 11) is -3.84. The van der Waals surface area contributed by atoms with Gasteiger partial charge in [0.15, 0.2) is 0 Å². The summed E-state index contributed by atoms with van der Waals surface area (Å²) in [5.41, 5.74) is 0.00742. The zero-order valence-corrected chi connectivity index (χ0v) is 16.1. The van der Waals surface area contributed by atoms with Gasteiger partial charge in [-0.2, -0.15) is 4.31 Å². The molecule has 1 fully saturated rings. The van der Waals surface area contributed by atoms with E-state index in [1.807, 2.05) is 0 Å². The van der Waals surface area contributed by atoms with Crippen LogP contribution in [0.15, 0.2) is 45.9 Å². The molecule has 28 heavy (non-hydrogen) atoms. The second kappa shape index (κ2) is 8.72. The van der Waals surface area contributed by atoms with Crippen LogP contribution in [-0.2, 0) is 16.4 Å². The highest BCUT2D eigenvalue weighted by Gasteiger charge is 2.31. The van der Waals surface area contributed by atoms with Gasteiger partial charge in [0.25, 0.3) is 5.69 Å². The first-order chi connectivity index (χ1) is 13.4. The van der Waals surface area contributed by atoms with Crippen molar-refractivity contribution in [1.29, 1.82) is 0 Å². The normalized spacial score (nSPS) is 16.2. The molecule has 0 spiro atoms. The van der Waals surface area contributed by atoms with Crippen molar-refractivity contribution >= 4 is 21.4 Å². The fourth-order valence-corrected chi connectivity index (χ4v) is 4.93. The zero-order valence-electron chi connectivity index (χ0n) is 15.3. The number of rotatable bonds is 9. The molecule has 0 bridgehead atoms. The molecule has 2 N–H and O–H groups in total. The summed E-state index contributed by atoms with van der Waals surface area (Å²) in [6, 6.07) is 7.33. The van der Waals surface area contributed by atoms with Gasteiger partial charge < -0.3 is 14.8 Å². The van der Waals surface area contributed by atoms with Crippen LogP contribution in [0, 0.1) is 16.0 Å². The Morgan fingerprint density at radius 1 is 1.29 bits per heavy atom. The number of nitro benzene ring substituents is 1. The number of non-ortho nitro benzene ring substituents is 1. The van der Waals surface area contributed by atoms with E-state index in [0.29, 0.717) is 19.5 Å². The van der Waals surface area contributed by atoms with E-state index in [-0.39, 0.29) is 35.3 Å². The third-order valence-corrected chi connectivity index (χ3v) is 6.71. The van der Waals surface area contributed by atoms with E-state index in [2.05, 4.69) is 5.32 Å². The summed E-state index contributed by atoms with van der Waals surface area (Å²) in [4.78, 5) is 10.4. The summed E-state index contributed by atoms with van der Waals surface area (Å²) in [6.07, 6.45) is 3.57. The Kier molecular flexibility index (Phi) is 6.32. The number of furan rings is 1. The molecule has 1 aliphatic heterocycles. The number of aliphatic hydroxyl groups excluding tert-OH is 1. The smallest absolute Gasteiger partial charge is 0.270 e. The number of anilines is 1. The predicted octanol–water partition coefficient (Wildman–Crippen LogP) is 2.24. The molecule has 1 aromatic carbocycles. The maximum Gasteiger partial charge on any atom is 0.270 e. The van der Waals surface area contributed by atoms with Crippen LogP contribution in [0.2, 0.25) is 0 Å². The molecule has 1 atom stereocenters. The molecule has 0 saturated carbocycles. The van der Waals surface area contributed by atoms with Crippen LogP contribution < -0.4 is 5.32 Å². The Balaban J connectivity index is 1.84. The second-order valence-corrected chi connectivity index (χ2v) is 8.67. The Labute approximate surface area is 163 Å². The molecule has 1 saturated heterocycles. The van der Waals surface area contributed by atoms with E-state index in [0.717, 1.165) is 24.7 Å². The lowest BCUT2D eigenvalue weighted by Crippen LogP contribution is -2.29. The monoisotopic (exact) mass is 409 g/mol. The molecule has 10 heteroatoms. The number of benzene rings is 1. The van der Waals surface area contributed by atoms with Crippen molar-refractivity contribution < 1.29 is 22.9 Å². The van der Waals surface area contributed by atoms with E-state index in [4.69, 9.17) is 4.42 Å². The average Bonchev–Trinajstić information content (AvgIpc) is 3.39. The van der Waals surface area contributed by atoms with Gasteiger partial charge in [0, 0.05) is 50.7 Å². The van der Waals surface area contributed by atoms with Gasteiger partial charge in [0.2, 0.25) is 10.0 Å². The van der Waals surface area contributed by atoms with Crippen molar-refractivity contribution in [2.45, 2.75) is 24.2 Å². The fourth-order valence-electron chi connectivity index (χ4n) is 3.22. The quantitative estimate of drug-likeness (QED) is 0.480. The standard InChI is InChI=1S/C18H23N3O6S/c22-13-14(10-16-4-3-9-27-16)12-19-17-6-5-15(21(23)24)11-18(17)28(25,26)20-7-1-2-8-20/h3-6,9,11,14,19,22H,1-2,7-8,10,12-13H2/t14-/m0/s1. The molecule has 1 aliphatic rings. The first kappa shape index (κ1) is 20.3. The van der Waals surface area contributed by atoms with Crippen LogP contribution in [0.25, 0.3) is 0 Å². The number of nitrogens with zero attached hydrogens (tertiary/aromatic N) is 2. The van der Waals surface area contributed by atoms with Gasteiger partial charge >= 0.3 is 0 Å². The molecule has 1 aromatic heterocycles.